The maximum Gasteiger partial charge on any atom is 0.335 e. The molecule has 0 bridgehead atoms. The first-order valence-corrected chi connectivity index (χ1v) is 12.5. The number of methoxy groups -OCH3 is 1. The number of halogens is 4. The Balaban J connectivity index is 1.63. The molecule has 1 aliphatic heterocycles. The minimum atomic E-state index is -0.845. The number of benzene rings is 3. The Labute approximate surface area is 235 Å². The van der Waals surface area contributed by atoms with Crippen LogP contribution in [0, 0.1) is 3.57 Å². The summed E-state index contributed by atoms with van der Waals surface area (Å²) in [5, 5.41) is 3.50. The van der Waals surface area contributed by atoms with Crippen LogP contribution in [-0.4, -0.2) is 25.0 Å². The Morgan fingerprint density at radius 1 is 0.972 bits per heavy atom. The lowest BCUT2D eigenvalue weighted by atomic mass is 10.1. The van der Waals surface area contributed by atoms with E-state index in [1.807, 2.05) is 0 Å². The van der Waals surface area contributed by atoms with E-state index in [0.29, 0.717) is 35.7 Å². The number of urea groups is 1. The van der Waals surface area contributed by atoms with Crippen molar-refractivity contribution in [1.82, 2.24) is 5.32 Å². The number of nitrogens with zero attached hydrogens (tertiary/aromatic N) is 1. The highest BCUT2D eigenvalue weighted by Gasteiger charge is 2.36. The van der Waals surface area contributed by atoms with Crippen LogP contribution in [0.2, 0.25) is 15.1 Å². The van der Waals surface area contributed by atoms with Gasteiger partial charge in [0.25, 0.3) is 11.8 Å². The van der Waals surface area contributed by atoms with Crippen molar-refractivity contribution in [1.29, 1.82) is 0 Å². The SMILES string of the molecule is COc1cc(/C=C2\C(=O)NC(=O)N(c3ccc(Cl)cc3)C2=O)cc(I)c1OCc1ccc(Cl)c(Cl)c1. The summed E-state index contributed by atoms with van der Waals surface area (Å²) in [5.74, 6) is -0.698. The molecule has 1 fully saturated rings. The minimum Gasteiger partial charge on any atom is -0.493 e. The fourth-order valence-corrected chi connectivity index (χ4v) is 4.62. The molecule has 0 unspecified atom stereocenters. The van der Waals surface area contributed by atoms with Crippen LogP contribution in [0.4, 0.5) is 10.5 Å². The van der Waals surface area contributed by atoms with Crippen LogP contribution >= 0.6 is 57.4 Å². The number of imide groups is 2. The fraction of sp³-hybridized carbons (Fsp3) is 0.0800. The second kappa shape index (κ2) is 11.1. The Hall–Kier alpha value is -2.79. The van der Waals surface area contributed by atoms with E-state index >= 15 is 0 Å². The second-order valence-corrected chi connectivity index (χ2v) is 9.92. The molecule has 1 N–H and O–H groups in total. The molecule has 7 nitrogen and oxygen atoms in total. The summed E-state index contributed by atoms with van der Waals surface area (Å²) >= 11 is 20.0. The van der Waals surface area contributed by atoms with E-state index in [2.05, 4.69) is 27.9 Å². The molecular weight excluding hydrogens is 642 g/mol. The monoisotopic (exact) mass is 656 g/mol. The molecule has 3 aromatic carbocycles. The van der Waals surface area contributed by atoms with E-state index in [1.165, 1.54) is 25.3 Å². The first-order chi connectivity index (χ1) is 17.2. The van der Waals surface area contributed by atoms with Crippen LogP contribution in [0.3, 0.4) is 0 Å². The van der Waals surface area contributed by atoms with Gasteiger partial charge in [0, 0.05) is 5.02 Å². The van der Waals surface area contributed by atoms with Gasteiger partial charge < -0.3 is 9.47 Å². The number of rotatable bonds is 6. The molecule has 1 aliphatic rings. The summed E-state index contributed by atoms with van der Waals surface area (Å²) in [4.78, 5) is 38.9. The fourth-order valence-electron chi connectivity index (χ4n) is 3.40. The van der Waals surface area contributed by atoms with Crippen molar-refractivity contribution in [2.45, 2.75) is 6.61 Å². The Morgan fingerprint density at radius 3 is 2.36 bits per heavy atom. The predicted molar refractivity (Wildman–Crippen MR) is 147 cm³/mol. The maximum absolute atomic E-state index is 13.1. The van der Waals surface area contributed by atoms with Crippen LogP contribution in [0.25, 0.3) is 6.08 Å². The van der Waals surface area contributed by atoms with Gasteiger partial charge >= 0.3 is 6.03 Å². The smallest absolute Gasteiger partial charge is 0.335 e. The van der Waals surface area contributed by atoms with Crippen molar-refractivity contribution in [3.05, 3.63) is 89.9 Å². The highest BCUT2D eigenvalue weighted by molar-refractivity contribution is 14.1. The Bertz CT molecular complexity index is 1410. The summed E-state index contributed by atoms with van der Waals surface area (Å²) in [7, 11) is 1.48. The van der Waals surface area contributed by atoms with E-state index in [4.69, 9.17) is 44.3 Å². The standard InChI is InChI=1S/C25H16Cl3IN2O5/c1-35-21-11-14(10-20(29)22(21)36-12-13-2-7-18(27)19(28)9-13)8-17-23(32)30-25(34)31(24(17)33)16-5-3-15(26)4-6-16/h2-11H,12H2,1H3,(H,30,32,34)/b17-8+. The van der Waals surface area contributed by atoms with Gasteiger partial charge in [-0.2, -0.15) is 0 Å². The molecule has 4 amide bonds. The molecule has 0 radical (unpaired) electrons. The predicted octanol–water partition coefficient (Wildman–Crippen LogP) is 6.51. The molecule has 184 valence electrons. The van der Waals surface area contributed by atoms with Crippen LogP contribution < -0.4 is 19.7 Å². The number of ether oxygens (including phenoxy) is 2. The number of hydrogen-bond acceptors (Lipinski definition) is 5. The third kappa shape index (κ3) is 5.62. The number of anilines is 1. The number of carbonyl (C=O) groups is 3. The summed E-state index contributed by atoms with van der Waals surface area (Å²) in [6, 6.07) is 13.8. The van der Waals surface area contributed by atoms with E-state index in [9.17, 15) is 14.4 Å². The van der Waals surface area contributed by atoms with Crippen molar-refractivity contribution in [2.75, 3.05) is 12.0 Å². The van der Waals surface area contributed by atoms with E-state index in [-0.39, 0.29) is 17.9 Å². The molecule has 4 rings (SSSR count). The van der Waals surface area contributed by atoms with Crippen LogP contribution in [0.1, 0.15) is 11.1 Å². The van der Waals surface area contributed by atoms with Crippen molar-refractivity contribution >= 4 is 87.0 Å². The first kappa shape index (κ1) is 26.3. The third-order valence-electron chi connectivity index (χ3n) is 5.12. The number of amides is 4. The number of barbiturate groups is 1. The minimum absolute atomic E-state index is 0.211. The normalized spacial score (nSPS) is 14.8. The van der Waals surface area contributed by atoms with Crippen LogP contribution in [0.5, 0.6) is 11.5 Å². The lowest BCUT2D eigenvalue weighted by molar-refractivity contribution is -0.122. The van der Waals surface area contributed by atoms with Gasteiger partial charge in [0.2, 0.25) is 0 Å². The van der Waals surface area contributed by atoms with Gasteiger partial charge in [-0.15, -0.1) is 0 Å². The van der Waals surface area contributed by atoms with Crippen LogP contribution in [0.15, 0.2) is 60.2 Å². The number of carbonyl (C=O) groups excluding carboxylic acids is 3. The maximum atomic E-state index is 13.1. The summed E-state index contributed by atoms with van der Waals surface area (Å²) in [6.45, 7) is 0.211. The van der Waals surface area contributed by atoms with Crippen molar-refractivity contribution in [3.8, 4) is 11.5 Å². The highest BCUT2D eigenvalue weighted by Crippen LogP contribution is 2.36. The van der Waals surface area contributed by atoms with Gasteiger partial charge in [0.1, 0.15) is 12.2 Å². The quantitative estimate of drug-likeness (QED) is 0.186. The number of nitrogens with one attached hydrogen (secondary N) is 1. The van der Waals surface area contributed by atoms with Gasteiger partial charge in [0.05, 0.1) is 26.4 Å². The average molecular weight is 658 g/mol. The summed E-state index contributed by atoms with van der Waals surface area (Å²) in [6.07, 6.45) is 1.39. The van der Waals surface area contributed by atoms with Gasteiger partial charge in [-0.05, 0) is 88.3 Å². The van der Waals surface area contributed by atoms with Gasteiger partial charge in [0.15, 0.2) is 11.5 Å². The second-order valence-electron chi connectivity index (χ2n) is 7.51. The summed E-state index contributed by atoms with van der Waals surface area (Å²) < 4.78 is 12.1. The topological polar surface area (TPSA) is 84.9 Å². The lowest BCUT2D eigenvalue weighted by Gasteiger charge is -2.26. The molecular formula is C25H16Cl3IN2O5. The molecule has 0 spiro atoms. The molecule has 3 aromatic rings. The average Bonchev–Trinajstić information content (AvgIpc) is 2.84. The molecule has 0 aliphatic carbocycles. The zero-order chi connectivity index (χ0) is 26.0. The third-order valence-corrected chi connectivity index (χ3v) is 6.91. The van der Waals surface area contributed by atoms with Crippen LogP contribution in [-0.2, 0) is 16.2 Å². The van der Waals surface area contributed by atoms with Crippen molar-refractivity contribution in [2.24, 2.45) is 0 Å². The number of hydrogen-bond donors (Lipinski definition) is 1. The van der Waals surface area contributed by atoms with Crippen molar-refractivity contribution in [3.63, 3.8) is 0 Å². The summed E-state index contributed by atoms with van der Waals surface area (Å²) in [5.41, 5.74) is 1.37. The van der Waals surface area contributed by atoms with Crippen molar-refractivity contribution < 1.29 is 23.9 Å². The van der Waals surface area contributed by atoms with E-state index in [0.717, 1.165) is 10.5 Å². The molecule has 36 heavy (non-hydrogen) atoms. The zero-order valence-electron chi connectivity index (χ0n) is 18.5. The molecule has 0 atom stereocenters. The van der Waals surface area contributed by atoms with Gasteiger partial charge in [-0.3, -0.25) is 14.9 Å². The van der Waals surface area contributed by atoms with E-state index < -0.39 is 17.8 Å². The lowest BCUT2D eigenvalue weighted by Crippen LogP contribution is -2.54. The molecule has 0 aromatic heterocycles. The van der Waals surface area contributed by atoms with Gasteiger partial charge in [-0.1, -0.05) is 40.9 Å². The molecule has 11 heteroatoms. The Kier molecular flexibility index (Phi) is 8.09. The largest absolute Gasteiger partial charge is 0.493 e. The zero-order valence-corrected chi connectivity index (χ0v) is 22.9. The first-order valence-electron chi connectivity index (χ1n) is 10.3. The molecule has 1 saturated heterocycles. The highest BCUT2D eigenvalue weighted by atomic mass is 127. The molecule has 1 heterocycles. The Morgan fingerprint density at radius 2 is 1.69 bits per heavy atom. The molecule has 0 saturated carbocycles. The van der Waals surface area contributed by atoms with Gasteiger partial charge in [-0.25, -0.2) is 9.69 Å². The van der Waals surface area contributed by atoms with E-state index in [1.54, 1.807) is 42.5 Å².